The number of aliphatic hydroxyl groups is 1. The third-order valence-corrected chi connectivity index (χ3v) is 7.85. The molecule has 0 radical (unpaired) electrons. The van der Waals surface area contributed by atoms with Gasteiger partial charge in [-0.05, 0) is 78.4 Å². The summed E-state index contributed by atoms with van der Waals surface area (Å²) in [6.07, 6.45) is -3.75. The number of hydrogen-bond donors (Lipinski definition) is 2. The van der Waals surface area contributed by atoms with Gasteiger partial charge in [0.15, 0.2) is 0 Å². The molecule has 0 fully saturated rings. The lowest BCUT2D eigenvalue weighted by molar-refractivity contribution is -0.142. The van der Waals surface area contributed by atoms with Crippen LogP contribution in [0.3, 0.4) is 0 Å². The van der Waals surface area contributed by atoms with Gasteiger partial charge in [-0.2, -0.15) is 13.2 Å². The molecule has 3 amide bonds. The first-order chi connectivity index (χ1) is 21.1. The van der Waals surface area contributed by atoms with Crippen molar-refractivity contribution >= 4 is 23.4 Å². The molecule has 0 aromatic heterocycles. The molecular weight excluding hydrogens is 593 g/mol. The summed E-state index contributed by atoms with van der Waals surface area (Å²) in [6.45, 7) is 6.99. The maximum atomic E-state index is 14.1. The fourth-order valence-corrected chi connectivity index (χ4v) is 5.05. The number of carbonyl (C=O) groups is 3. The van der Waals surface area contributed by atoms with E-state index >= 15 is 0 Å². The lowest BCUT2D eigenvalue weighted by Gasteiger charge is -2.36. The second-order valence-electron chi connectivity index (χ2n) is 12.4. The van der Waals surface area contributed by atoms with Gasteiger partial charge in [0, 0.05) is 51.2 Å². The highest BCUT2D eigenvalue weighted by Crippen LogP contribution is 2.29. The summed E-state index contributed by atoms with van der Waals surface area (Å²) in [6, 6.07) is 3.82. The molecule has 1 aromatic rings. The number of halogens is 3. The molecule has 0 unspecified atom stereocenters. The van der Waals surface area contributed by atoms with Crippen LogP contribution in [0.1, 0.15) is 76.1 Å². The van der Waals surface area contributed by atoms with Crippen molar-refractivity contribution in [2.45, 2.75) is 90.1 Å². The first-order valence-corrected chi connectivity index (χ1v) is 15.7. The molecule has 1 aliphatic rings. The van der Waals surface area contributed by atoms with E-state index in [9.17, 15) is 32.7 Å². The number of benzene rings is 1. The van der Waals surface area contributed by atoms with Crippen molar-refractivity contribution in [3.05, 3.63) is 23.8 Å². The molecule has 1 heterocycles. The zero-order valence-electron chi connectivity index (χ0n) is 27.5. The number of aliphatic hydroxyl groups excluding tert-OH is 1. The number of nitrogens with one attached hydrogen (secondary N) is 1. The zero-order chi connectivity index (χ0) is 33.7. The second kappa shape index (κ2) is 18.3. The van der Waals surface area contributed by atoms with Crippen LogP contribution in [0, 0.1) is 5.92 Å². The normalized spacial score (nSPS) is 21.0. The molecule has 2 rings (SSSR count). The van der Waals surface area contributed by atoms with Crippen molar-refractivity contribution in [2.24, 2.45) is 5.92 Å². The number of carbonyl (C=O) groups excluding carboxylic acids is 3. The van der Waals surface area contributed by atoms with E-state index in [0.29, 0.717) is 26.0 Å². The van der Waals surface area contributed by atoms with Gasteiger partial charge < -0.3 is 34.6 Å². The first-order valence-electron chi connectivity index (χ1n) is 15.7. The van der Waals surface area contributed by atoms with E-state index in [-0.39, 0.29) is 54.2 Å². The number of hydrogen-bond acceptors (Lipinski definition) is 7. The smallest absolute Gasteiger partial charge is 0.389 e. The number of amides is 3. The summed E-state index contributed by atoms with van der Waals surface area (Å²) in [4.78, 5) is 44.4. The SMILES string of the molecule is C[C@@H]1CCCCO[C@@H](CN(C)C(=O)CCCN(C)C)[C@@H](C)CN([C@H](C)CO)C(=O)c2cc(NC(=O)CCC(F)(F)F)ccc2O1. The third-order valence-electron chi connectivity index (χ3n) is 7.85. The maximum Gasteiger partial charge on any atom is 0.389 e. The molecule has 4 atom stereocenters. The minimum atomic E-state index is -4.47. The summed E-state index contributed by atoms with van der Waals surface area (Å²) in [5.41, 5.74) is 0.276. The average molecular weight is 645 g/mol. The van der Waals surface area contributed by atoms with Gasteiger partial charge in [-0.1, -0.05) is 6.92 Å². The Hall–Kier alpha value is -2.90. The van der Waals surface area contributed by atoms with Crippen molar-refractivity contribution in [1.82, 2.24) is 14.7 Å². The average Bonchev–Trinajstić information content (AvgIpc) is 2.96. The summed E-state index contributed by atoms with van der Waals surface area (Å²) in [5.74, 6) is -1.26. The van der Waals surface area contributed by atoms with Gasteiger partial charge in [0.2, 0.25) is 11.8 Å². The van der Waals surface area contributed by atoms with Crippen LogP contribution in [0.25, 0.3) is 0 Å². The van der Waals surface area contributed by atoms with Gasteiger partial charge in [-0.25, -0.2) is 0 Å². The fraction of sp³-hybridized carbons (Fsp3) is 0.719. The number of nitrogens with zero attached hydrogens (tertiary/aromatic N) is 3. The van der Waals surface area contributed by atoms with Crippen molar-refractivity contribution in [1.29, 1.82) is 0 Å². The number of fused-ring (bicyclic) bond motifs is 1. The van der Waals surface area contributed by atoms with Crippen LogP contribution in [-0.4, -0.2) is 116 Å². The molecule has 10 nitrogen and oxygen atoms in total. The molecule has 0 aliphatic carbocycles. The van der Waals surface area contributed by atoms with E-state index < -0.39 is 36.9 Å². The van der Waals surface area contributed by atoms with Crippen LogP contribution in [0.4, 0.5) is 18.9 Å². The summed E-state index contributed by atoms with van der Waals surface area (Å²) in [7, 11) is 5.67. The molecule has 13 heteroatoms. The Labute approximate surface area is 265 Å². The molecule has 1 aromatic carbocycles. The molecule has 256 valence electrons. The predicted octanol–water partition coefficient (Wildman–Crippen LogP) is 4.56. The van der Waals surface area contributed by atoms with Crippen LogP contribution < -0.4 is 10.1 Å². The number of ether oxygens (including phenoxy) is 2. The third kappa shape index (κ3) is 13.5. The number of rotatable bonds is 11. The van der Waals surface area contributed by atoms with Crippen molar-refractivity contribution < 1.29 is 42.1 Å². The van der Waals surface area contributed by atoms with E-state index in [1.54, 1.807) is 18.9 Å². The molecular formula is C32H51F3N4O6. The van der Waals surface area contributed by atoms with E-state index in [2.05, 4.69) is 5.32 Å². The van der Waals surface area contributed by atoms with Crippen LogP contribution in [0.15, 0.2) is 18.2 Å². The van der Waals surface area contributed by atoms with Crippen molar-refractivity contribution in [3.8, 4) is 5.75 Å². The van der Waals surface area contributed by atoms with Crippen LogP contribution in [0.2, 0.25) is 0 Å². The Kier molecular flexibility index (Phi) is 15.6. The van der Waals surface area contributed by atoms with E-state index in [0.717, 1.165) is 25.8 Å². The van der Waals surface area contributed by atoms with Gasteiger partial charge in [0.05, 0.1) is 36.8 Å². The van der Waals surface area contributed by atoms with Gasteiger partial charge in [0.1, 0.15) is 5.75 Å². The van der Waals surface area contributed by atoms with Crippen LogP contribution >= 0.6 is 0 Å². The van der Waals surface area contributed by atoms with Gasteiger partial charge >= 0.3 is 6.18 Å². The van der Waals surface area contributed by atoms with Crippen molar-refractivity contribution in [3.63, 3.8) is 0 Å². The Morgan fingerprint density at radius 3 is 2.51 bits per heavy atom. The molecule has 0 saturated carbocycles. The number of alkyl halides is 3. The Balaban J connectivity index is 2.37. The summed E-state index contributed by atoms with van der Waals surface area (Å²) < 4.78 is 50.4. The minimum Gasteiger partial charge on any atom is -0.490 e. The molecule has 0 spiro atoms. The summed E-state index contributed by atoms with van der Waals surface area (Å²) >= 11 is 0. The number of anilines is 1. The van der Waals surface area contributed by atoms with E-state index in [1.807, 2.05) is 32.8 Å². The monoisotopic (exact) mass is 644 g/mol. The van der Waals surface area contributed by atoms with Gasteiger partial charge in [-0.15, -0.1) is 0 Å². The zero-order valence-corrected chi connectivity index (χ0v) is 27.5. The molecule has 0 saturated heterocycles. The van der Waals surface area contributed by atoms with E-state index in [1.165, 1.54) is 23.1 Å². The maximum absolute atomic E-state index is 14.1. The first kappa shape index (κ1) is 38.3. The molecule has 1 aliphatic heterocycles. The van der Waals surface area contributed by atoms with E-state index in [4.69, 9.17) is 9.47 Å². The Bertz CT molecular complexity index is 1100. The quantitative estimate of drug-likeness (QED) is 0.363. The van der Waals surface area contributed by atoms with Gasteiger partial charge in [-0.3, -0.25) is 14.4 Å². The standard InChI is InChI=1S/C32H51F3N4O6/c1-22-19-39(23(2)21-40)31(43)26-18-25(36-29(41)14-15-32(33,34)35)12-13-27(26)45-24(3)10-7-8-17-44-28(22)20-38(6)30(42)11-9-16-37(4)5/h12-13,18,22-24,28,40H,7-11,14-17,19-21H2,1-6H3,(H,36,41)/t22-,23+,24+,28-/m0/s1. The second-order valence-corrected chi connectivity index (χ2v) is 12.4. The highest BCUT2D eigenvalue weighted by atomic mass is 19.4. The lowest BCUT2D eigenvalue weighted by atomic mass is 10.0. The topological polar surface area (TPSA) is 112 Å². The minimum absolute atomic E-state index is 0.00780. The van der Waals surface area contributed by atoms with Gasteiger partial charge in [0.25, 0.3) is 5.91 Å². The molecule has 2 N–H and O–H groups in total. The number of likely N-dealkylation sites (N-methyl/N-ethyl adjacent to an activating group) is 1. The van der Waals surface area contributed by atoms with Crippen LogP contribution in [0.5, 0.6) is 5.75 Å². The molecule has 45 heavy (non-hydrogen) atoms. The fourth-order valence-electron chi connectivity index (χ4n) is 5.05. The largest absolute Gasteiger partial charge is 0.490 e. The highest BCUT2D eigenvalue weighted by molar-refractivity contribution is 5.99. The predicted molar refractivity (Wildman–Crippen MR) is 166 cm³/mol. The summed E-state index contributed by atoms with van der Waals surface area (Å²) in [5, 5.41) is 12.5. The lowest BCUT2D eigenvalue weighted by Crippen LogP contribution is -2.48. The van der Waals surface area contributed by atoms with Crippen LogP contribution in [-0.2, 0) is 14.3 Å². The highest BCUT2D eigenvalue weighted by Gasteiger charge is 2.31. The Morgan fingerprint density at radius 1 is 1.16 bits per heavy atom. The molecule has 0 bridgehead atoms. The Morgan fingerprint density at radius 2 is 1.87 bits per heavy atom. The van der Waals surface area contributed by atoms with Crippen molar-refractivity contribution in [2.75, 3.05) is 59.3 Å².